The maximum absolute atomic E-state index is 11.9. The highest BCUT2D eigenvalue weighted by molar-refractivity contribution is 5.85. The van der Waals surface area contributed by atoms with E-state index in [0.717, 1.165) is 24.8 Å². The van der Waals surface area contributed by atoms with Crippen molar-refractivity contribution in [3.8, 4) is 0 Å². The Morgan fingerprint density at radius 2 is 2.04 bits per heavy atom. The molecule has 1 amide bonds. The first-order valence-corrected chi connectivity index (χ1v) is 8.54. The van der Waals surface area contributed by atoms with Crippen LogP contribution in [0, 0.1) is 5.92 Å². The van der Waals surface area contributed by atoms with Crippen molar-refractivity contribution in [3.05, 3.63) is 29.3 Å². The molecule has 0 saturated heterocycles. The van der Waals surface area contributed by atoms with Crippen LogP contribution in [0.4, 0.5) is 10.5 Å². The largest absolute Gasteiger partial charge is 0.481 e. The number of carbonyl (C=O) groups excluding carboxylic acids is 1. The van der Waals surface area contributed by atoms with Gasteiger partial charge in [-0.25, -0.2) is 4.79 Å². The summed E-state index contributed by atoms with van der Waals surface area (Å²) in [7, 11) is 0. The van der Waals surface area contributed by atoms with Crippen LogP contribution >= 0.6 is 0 Å². The van der Waals surface area contributed by atoms with E-state index in [1.165, 1.54) is 5.56 Å². The summed E-state index contributed by atoms with van der Waals surface area (Å²) < 4.78 is 5.28. The molecule has 0 heterocycles. The van der Waals surface area contributed by atoms with Crippen LogP contribution in [0.25, 0.3) is 0 Å². The lowest BCUT2D eigenvalue weighted by molar-refractivity contribution is -0.138. The summed E-state index contributed by atoms with van der Waals surface area (Å²) in [6, 6.07) is 5.89. The Bertz CT molecular complexity index is 618. The third-order valence-corrected chi connectivity index (χ3v) is 4.42. The van der Waals surface area contributed by atoms with E-state index in [4.69, 9.17) is 9.84 Å². The van der Waals surface area contributed by atoms with Gasteiger partial charge in [-0.05, 0) is 75.1 Å². The first kappa shape index (κ1) is 18.3. The second-order valence-corrected chi connectivity index (χ2v) is 7.45. The molecule has 1 aromatic carbocycles. The summed E-state index contributed by atoms with van der Waals surface area (Å²) >= 11 is 0. The van der Waals surface area contributed by atoms with E-state index in [9.17, 15) is 9.59 Å². The van der Waals surface area contributed by atoms with Gasteiger partial charge in [0.05, 0.1) is 0 Å². The number of ether oxygens (including phenoxy) is 1. The molecule has 0 aliphatic heterocycles. The molecule has 2 unspecified atom stereocenters. The number of aliphatic carboxylic acids is 1. The number of nitrogens with one attached hydrogen (secondary N) is 1. The molecule has 0 spiro atoms. The molecule has 5 nitrogen and oxygen atoms in total. The Morgan fingerprint density at radius 1 is 1.33 bits per heavy atom. The molecule has 2 atom stereocenters. The van der Waals surface area contributed by atoms with Gasteiger partial charge in [0.25, 0.3) is 0 Å². The first-order chi connectivity index (χ1) is 11.2. The van der Waals surface area contributed by atoms with Gasteiger partial charge in [-0.15, -0.1) is 0 Å². The predicted octanol–water partition coefficient (Wildman–Crippen LogP) is 4.56. The summed E-state index contributed by atoms with van der Waals surface area (Å²) in [4.78, 5) is 23.1. The molecule has 132 valence electrons. The Balaban J connectivity index is 2.19. The molecule has 0 saturated carbocycles. The molecule has 0 radical (unpaired) electrons. The van der Waals surface area contributed by atoms with Crippen LogP contribution in [0.1, 0.15) is 64.0 Å². The van der Waals surface area contributed by atoms with Gasteiger partial charge in [-0.1, -0.05) is 13.0 Å². The fourth-order valence-corrected chi connectivity index (χ4v) is 3.48. The van der Waals surface area contributed by atoms with Crippen LogP contribution in [0.2, 0.25) is 0 Å². The highest BCUT2D eigenvalue weighted by Crippen LogP contribution is 2.41. The number of carboxylic acids is 1. The number of carboxylic acid groups (broad SMARTS) is 1. The fourth-order valence-electron chi connectivity index (χ4n) is 3.48. The minimum absolute atomic E-state index is 0.150. The maximum Gasteiger partial charge on any atom is 0.412 e. The zero-order valence-corrected chi connectivity index (χ0v) is 14.9. The third kappa shape index (κ3) is 4.73. The van der Waals surface area contributed by atoms with E-state index in [2.05, 4.69) is 12.2 Å². The lowest BCUT2D eigenvalue weighted by Gasteiger charge is -2.32. The van der Waals surface area contributed by atoms with Gasteiger partial charge in [0.15, 0.2) is 0 Å². The topological polar surface area (TPSA) is 75.6 Å². The van der Waals surface area contributed by atoms with Gasteiger partial charge >= 0.3 is 12.1 Å². The second kappa shape index (κ2) is 7.24. The van der Waals surface area contributed by atoms with Gasteiger partial charge < -0.3 is 9.84 Å². The average Bonchev–Trinajstić information content (AvgIpc) is 2.44. The van der Waals surface area contributed by atoms with Crippen molar-refractivity contribution in [3.63, 3.8) is 0 Å². The average molecular weight is 333 g/mol. The summed E-state index contributed by atoms with van der Waals surface area (Å²) in [5.74, 6) is -0.382. The van der Waals surface area contributed by atoms with Crippen LogP contribution in [0.5, 0.6) is 0 Å². The van der Waals surface area contributed by atoms with Crippen molar-refractivity contribution in [2.24, 2.45) is 5.92 Å². The Kier molecular flexibility index (Phi) is 5.52. The molecule has 1 aliphatic carbocycles. The van der Waals surface area contributed by atoms with Gasteiger partial charge in [0, 0.05) is 12.1 Å². The number of carbonyl (C=O) groups is 2. The molecular formula is C19H27NO4. The van der Waals surface area contributed by atoms with Gasteiger partial charge in [-0.3, -0.25) is 10.1 Å². The Morgan fingerprint density at radius 3 is 2.62 bits per heavy atom. The number of aryl methyl sites for hydroxylation is 1. The molecule has 0 fully saturated rings. The molecular weight excluding hydrogens is 306 g/mol. The van der Waals surface area contributed by atoms with E-state index in [-0.39, 0.29) is 18.3 Å². The third-order valence-electron chi connectivity index (χ3n) is 4.42. The number of rotatable bonds is 4. The molecule has 0 aromatic heterocycles. The van der Waals surface area contributed by atoms with Crippen LogP contribution < -0.4 is 5.32 Å². The minimum Gasteiger partial charge on any atom is -0.481 e. The molecule has 1 aliphatic rings. The molecule has 24 heavy (non-hydrogen) atoms. The Labute approximate surface area is 143 Å². The van der Waals surface area contributed by atoms with Crippen LogP contribution in [-0.2, 0) is 16.0 Å². The SMILES string of the molecule is CCC1c2cc(NC(=O)OC(C)(C)C)ccc2CCC1CC(=O)O. The monoisotopic (exact) mass is 333 g/mol. The zero-order chi connectivity index (χ0) is 17.9. The lowest BCUT2D eigenvalue weighted by Crippen LogP contribution is -2.27. The van der Waals surface area contributed by atoms with Gasteiger partial charge in [0.1, 0.15) is 5.60 Å². The molecule has 0 bridgehead atoms. The lowest BCUT2D eigenvalue weighted by atomic mass is 9.72. The van der Waals surface area contributed by atoms with E-state index < -0.39 is 17.7 Å². The van der Waals surface area contributed by atoms with Crippen LogP contribution in [0.15, 0.2) is 18.2 Å². The summed E-state index contributed by atoms with van der Waals surface area (Å²) in [6.45, 7) is 7.55. The highest BCUT2D eigenvalue weighted by Gasteiger charge is 2.30. The standard InChI is InChI=1S/C19H27NO4/c1-5-15-13(10-17(21)22)7-6-12-8-9-14(11-16(12)15)20-18(23)24-19(2,3)4/h8-9,11,13,15H,5-7,10H2,1-4H3,(H,20,23)(H,21,22). The molecule has 5 heteroatoms. The quantitative estimate of drug-likeness (QED) is 0.846. The second-order valence-electron chi connectivity index (χ2n) is 7.45. The molecule has 1 aromatic rings. The van der Waals surface area contributed by atoms with Crippen molar-refractivity contribution < 1.29 is 19.4 Å². The maximum atomic E-state index is 11.9. The van der Waals surface area contributed by atoms with Crippen molar-refractivity contribution in [1.82, 2.24) is 0 Å². The number of anilines is 1. The number of fused-ring (bicyclic) bond motifs is 1. The minimum atomic E-state index is -0.745. The number of hydrogen-bond donors (Lipinski definition) is 2. The predicted molar refractivity (Wildman–Crippen MR) is 93.4 cm³/mol. The van der Waals surface area contributed by atoms with Gasteiger partial charge in [-0.2, -0.15) is 0 Å². The van der Waals surface area contributed by atoms with E-state index >= 15 is 0 Å². The van der Waals surface area contributed by atoms with Gasteiger partial charge in [0.2, 0.25) is 0 Å². The molecule has 2 rings (SSSR count). The number of hydrogen-bond acceptors (Lipinski definition) is 3. The Hall–Kier alpha value is -2.04. The van der Waals surface area contributed by atoms with Crippen molar-refractivity contribution >= 4 is 17.7 Å². The summed E-state index contributed by atoms with van der Waals surface area (Å²) in [6.07, 6.45) is 2.39. The summed E-state index contributed by atoms with van der Waals surface area (Å²) in [5, 5.41) is 11.9. The smallest absolute Gasteiger partial charge is 0.412 e. The van der Waals surface area contributed by atoms with Crippen molar-refractivity contribution in [2.45, 2.75) is 64.9 Å². The van der Waals surface area contributed by atoms with Crippen molar-refractivity contribution in [2.75, 3.05) is 5.32 Å². The summed E-state index contributed by atoms with van der Waals surface area (Å²) in [5.41, 5.74) is 2.55. The number of amides is 1. The number of benzene rings is 1. The fraction of sp³-hybridized carbons (Fsp3) is 0.579. The van der Waals surface area contributed by atoms with E-state index in [1.54, 1.807) is 0 Å². The van der Waals surface area contributed by atoms with Crippen LogP contribution in [-0.4, -0.2) is 22.8 Å². The zero-order valence-electron chi connectivity index (χ0n) is 14.9. The van der Waals surface area contributed by atoms with E-state index in [0.29, 0.717) is 5.69 Å². The normalized spacial score (nSPS) is 20.2. The molecule has 2 N–H and O–H groups in total. The van der Waals surface area contributed by atoms with Crippen LogP contribution in [0.3, 0.4) is 0 Å². The highest BCUT2D eigenvalue weighted by atomic mass is 16.6. The first-order valence-electron chi connectivity index (χ1n) is 8.54. The van der Waals surface area contributed by atoms with Crippen molar-refractivity contribution in [1.29, 1.82) is 0 Å². The van der Waals surface area contributed by atoms with E-state index in [1.807, 2.05) is 39.0 Å².